The summed E-state index contributed by atoms with van der Waals surface area (Å²) in [6.45, 7) is 0.595. The molecule has 0 aromatic rings. The zero-order chi connectivity index (χ0) is 10.3. The van der Waals surface area contributed by atoms with Crippen LogP contribution in [-0.4, -0.2) is 39.0 Å². The van der Waals surface area contributed by atoms with Gasteiger partial charge in [0.25, 0.3) is 11.1 Å². The summed E-state index contributed by atoms with van der Waals surface area (Å²) < 4.78 is 15.2. The quantitative estimate of drug-likeness (QED) is 0.369. The van der Waals surface area contributed by atoms with Gasteiger partial charge in [-0.1, -0.05) is 0 Å². The van der Waals surface area contributed by atoms with Crippen molar-refractivity contribution < 1.29 is 32.4 Å². The number of ether oxygens (including phenoxy) is 3. The van der Waals surface area contributed by atoms with Crippen LogP contribution in [0.2, 0.25) is 0 Å². The van der Waals surface area contributed by atoms with E-state index in [0.29, 0.717) is 18.1 Å². The summed E-state index contributed by atoms with van der Waals surface area (Å²) in [6, 6.07) is 0. The molecule has 0 saturated carbocycles. The van der Waals surface area contributed by atoms with Crippen molar-refractivity contribution in [2.24, 2.45) is 0 Å². The van der Waals surface area contributed by atoms with Crippen molar-refractivity contribution in [3.05, 3.63) is 0 Å². The van der Waals surface area contributed by atoms with E-state index in [4.69, 9.17) is 26.4 Å². The van der Waals surface area contributed by atoms with Gasteiger partial charge in [0.05, 0.1) is 0 Å². The van der Waals surface area contributed by atoms with Gasteiger partial charge in [0, 0.05) is 46.5 Å². The molecule has 0 radical (unpaired) electrons. The minimum atomic E-state index is -0.988. The molecule has 14 heavy (non-hydrogen) atoms. The lowest BCUT2D eigenvalue weighted by Gasteiger charge is -2.28. The Morgan fingerprint density at radius 2 is 1.71 bits per heavy atom. The molecule has 86 valence electrons. The minimum absolute atomic E-state index is 0. The zero-order valence-electron chi connectivity index (χ0n) is 8.63. The predicted octanol–water partition coefficient (Wildman–Crippen LogP) is -3.91. The molecule has 5 nitrogen and oxygen atoms in total. The molecule has 0 saturated heterocycles. The average molecular weight is 245 g/mol. The number of hydrogen-bond donors (Lipinski definition) is 2. The lowest BCUT2D eigenvalue weighted by Crippen LogP contribution is -3.00. The Kier molecular flexibility index (Phi) is 9.80. The molecule has 4 N–H and O–H groups in total. The van der Waals surface area contributed by atoms with E-state index in [1.165, 1.54) is 21.3 Å². The van der Waals surface area contributed by atoms with Gasteiger partial charge in [-0.15, -0.1) is 0 Å². The molecule has 0 spiro atoms. The Bertz CT molecular complexity index is 159. The van der Waals surface area contributed by atoms with Crippen LogP contribution < -0.4 is 23.5 Å². The summed E-state index contributed by atoms with van der Waals surface area (Å²) in [5.41, 5.74) is 3.53. The molecule has 0 aliphatic carbocycles. The van der Waals surface area contributed by atoms with Crippen LogP contribution in [0.4, 0.5) is 0 Å². The molecule has 0 bridgehead atoms. The van der Waals surface area contributed by atoms with Crippen LogP contribution in [0.5, 0.6) is 0 Å². The second-order valence-electron chi connectivity index (χ2n) is 2.40. The smallest absolute Gasteiger partial charge is 0.283 e. The van der Waals surface area contributed by atoms with Crippen LogP contribution in [0.1, 0.15) is 6.42 Å². The first-order valence-electron chi connectivity index (χ1n) is 3.85. The highest BCUT2D eigenvalue weighted by molar-refractivity contribution is 7.79. The lowest BCUT2D eigenvalue weighted by atomic mass is 10.3. The van der Waals surface area contributed by atoms with Gasteiger partial charge >= 0.3 is 0 Å². The van der Waals surface area contributed by atoms with Crippen LogP contribution in [0, 0.1) is 0 Å². The Balaban J connectivity index is 0. The van der Waals surface area contributed by atoms with E-state index in [1.54, 1.807) is 0 Å². The largest absolute Gasteiger partial charge is 1.00 e. The standard InChI is InChI=1S/C7H16N2O3S.ClH/c1-10-7(11-2,12-3)4-5-9-6(8)13;/h4-5H2,1-3H3,(H3,8,9,13);1H. The Morgan fingerprint density at radius 1 is 1.29 bits per heavy atom. The molecule has 0 heterocycles. The molecule has 0 aliphatic heterocycles. The highest BCUT2D eigenvalue weighted by Gasteiger charge is 2.28. The normalized spacial score (nSPS) is 10.6. The molecule has 0 aliphatic rings. The first-order valence-corrected chi connectivity index (χ1v) is 4.26. The molecule has 0 unspecified atom stereocenters. The molecular weight excluding hydrogens is 228 g/mol. The van der Waals surface area contributed by atoms with Gasteiger partial charge in [-0.3, -0.25) is 0 Å². The van der Waals surface area contributed by atoms with Gasteiger partial charge in [-0.25, -0.2) is 0 Å². The first-order chi connectivity index (χ1) is 6.10. The Labute approximate surface area is 95.7 Å². The average Bonchev–Trinajstić information content (AvgIpc) is 2.13. The number of methoxy groups -OCH3 is 3. The first kappa shape index (κ1) is 16.4. The number of rotatable bonds is 6. The number of quaternary nitrogens is 1. The third-order valence-electron chi connectivity index (χ3n) is 1.69. The summed E-state index contributed by atoms with van der Waals surface area (Å²) in [7, 11) is 4.57. The number of hydrogen-bond acceptors (Lipinski definition) is 4. The van der Waals surface area contributed by atoms with Crippen molar-refractivity contribution in [1.82, 2.24) is 5.32 Å². The lowest BCUT2D eigenvalue weighted by molar-refractivity contribution is -0.354. The molecule has 7 heteroatoms. The van der Waals surface area contributed by atoms with E-state index < -0.39 is 5.97 Å². The van der Waals surface area contributed by atoms with E-state index in [9.17, 15) is 0 Å². The van der Waals surface area contributed by atoms with Crippen LogP contribution in [-0.2, 0) is 14.2 Å². The monoisotopic (exact) mass is 244 g/mol. The maximum Gasteiger partial charge on any atom is 0.283 e. The fraction of sp³-hybridized carbons (Fsp3) is 0.857. The summed E-state index contributed by atoms with van der Waals surface area (Å²) >= 11 is 4.75. The van der Waals surface area contributed by atoms with E-state index in [2.05, 4.69) is 11.1 Å². The van der Waals surface area contributed by atoms with E-state index in [-0.39, 0.29) is 12.4 Å². The topological polar surface area (TPSA) is 67.4 Å². The number of nitrogens with one attached hydrogen (secondary N) is 1. The van der Waals surface area contributed by atoms with Crippen LogP contribution in [0.25, 0.3) is 0 Å². The van der Waals surface area contributed by atoms with E-state index in [1.807, 2.05) is 0 Å². The summed E-state index contributed by atoms with van der Waals surface area (Å²) in [5, 5.41) is 3.38. The molecule has 0 rings (SSSR count). The van der Waals surface area contributed by atoms with Gasteiger partial charge in [-0.05, 0) is 0 Å². The van der Waals surface area contributed by atoms with Gasteiger partial charge in [0.15, 0.2) is 0 Å². The number of halogens is 1. The van der Waals surface area contributed by atoms with Crippen molar-refractivity contribution in [1.29, 1.82) is 0 Å². The highest BCUT2D eigenvalue weighted by atomic mass is 35.5. The molecule has 0 fully saturated rings. The Hall–Kier alpha value is 0.0200. The number of thiocarbonyl (C=S) groups is 1. The van der Waals surface area contributed by atoms with Crippen molar-refractivity contribution in [3.8, 4) is 0 Å². The molecule has 0 amide bonds. The molecule has 0 aromatic carbocycles. The third kappa shape index (κ3) is 5.69. The van der Waals surface area contributed by atoms with Gasteiger partial charge < -0.3 is 37.7 Å². The second kappa shape index (κ2) is 8.34. The van der Waals surface area contributed by atoms with Crippen molar-refractivity contribution in [2.45, 2.75) is 12.4 Å². The maximum atomic E-state index is 5.07. The fourth-order valence-electron chi connectivity index (χ4n) is 0.911. The zero-order valence-corrected chi connectivity index (χ0v) is 10.2. The van der Waals surface area contributed by atoms with Crippen molar-refractivity contribution >= 4 is 17.3 Å². The SMILES string of the molecule is COC(CCNC([NH3+])=S)(OC)OC.[Cl-]. The van der Waals surface area contributed by atoms with Crippen molar-refractivity contribution in [3.63, 3.8) is 0 Å². The Morgan fingerprint density at radius 3 is 2.00 bits per heavy atom. The highest BCUT2D eigenvalue weighted by Crippen LogP contribution is 2.15. The van der Waals surface area contributed by atoms with Gasteiger partial charge in [-0.2, -0.15) is 0 Å². The van der Waals surface area contributed by atoms with Crippen molar-refractivity contribution in [2.75, 3.05) is 27.9 Å². The maximum absolute atomic E-state index is 5.07. The molecule has 0 atom stereocenters. The van der Waals surface area contributed by atoms with Crippen LogP contribution in [0.15, 0.2) is 0 Å². The summed E-state index contributed by atoms with van der Waals surface area (Å²) in [4.78, 5) is 0. The van der Waals surface area contributed by atoms with E-state index in [0.717, 1.165) is 0 Å². The minimum Gasteiger partial charge on any atom is -1.00 e. The van der Waals surface area contributed by atoms with Gasteiger partial charge in [0.1, 0.15) is 0 Å². The second-order valence-corrected chi connectivity index (χ2v) is 2.89. The van der Waals surface area contributed by atoms with Gasteiger partial charge in [0.2, 0.25) is 0 Å². The molecular formula is C7H17ClN2O3S. The third-order valence-corrected chi connectivity index (χ3v) is 1.83. The predicted molar refractivity (Wildman–Crippen MR) is 51.9 cm³/mol. The van der Waals surface area contributed by atoms with Crippen LogP contribution >= 0.6 is 12.2 Å². The van der Waals surface area contributed by atoms with E-state index >= 15 is 0 Å². The molecule has 0 aromatic heterocycles. The fourth-order valence-corrected chi connectivity index (χ4v) is 1.01. The van der Waals surface area contributed by atoms with Crippen LogP contribution in [0.3, 0.4) is 0 Å². The summed E-state index contributed by atoms with van der Waals surface area (Å²) in [6.07, 6.45) is 0.534. The summed E-state index contributed by atoms with van der Waals surface area (Å²) in [5.74, 6) is -0.988.